The largest absolute Gasteiger partial charge is 0.507 e. The van der Waals surface area contributed by atoms with Crippen molar-refractivity contribution in [2.24, 2.45) is 4.99 Å². The molecule has 3 heterocycles. The number of carbonyl (C=O) groups is 2. The Morgan fingerprint density at radius 2 is 2.00 bits per heavy atom. The lowest BCUT2D eigenvalue weighted by Gasteiger charge is -2.36. The minimum Gasteiger partial charge on any atom is -0.507 e. The van der Waals surface area contributed by atoms with E-state index in [9.17, 15) is 14.7 Å². The van der Waals surface area contributed by atoms with E-state index in [1.807, 2.05) is 55.8 Å². The lowest BCUT2D eigenvalue weighted by atomic mass is 9.86. The van der Waals surface area contributed by atoms with Crippen LogP contribution in [0.5, 0.6) is 11.5 Å². The molecular weight excluding hydrogens is 462 g/mol. The summed E-state index contributed by atoms with van der Waals surface area (Å²) >= 11 is 1.48. The van der Waals surface area contributed by atoms with Gasteiger partial charge in [0, 0.05) is 28.4 Å². The molecule has 5 rings (SSSR count). The van der Waals surface area contributed by atoms with Gasteiger partial charge in [-0.2, -0.15) is 0 Å². The van der Waals surface area contributed by atoms with Gasteiger partial charge in [0.05, 0.1) is 23.5 Å². The molecule has 1 unspecified atom stereocenters. The third kappa shape index (κ3) is 4.08. The van der Waals surface area contributed by atoms with Crippen molar-refractivity contribution in [3.63, 3.8) is 0 Å². The van der Waals surface area contributed by atoms with Gasteiger partial charge in [-0.05, 0) is 68.5 Å². The number of ether oxygens (including phenoxy) is 1. The number of phenols is 1. The zero-order chi connectivity index (χ0) is 24.9. The number of fused-ring (bicyclic) bond motifs is 2. The molecule has 0 bridgehead atoms. The Morgan fingerprint density at radius 3 is 2.80 bits per heavy atom. The second kappa shape index (κ2) is 8.53. The van der Waals surface area contributed by atoms with Crippen LogP contribution in [0.2, 0.25) is 0 Å². The Hall–Kier alpha value is -3.65. The Morgan fingerprint density at radius 1 is 1.20 bits per heavy atom. The Kier molecular flexibility index (Phi) is 5.63. The molecule has 0 fully saturated rings. The standard InChI is InChI=1S/C27H27N3O4S/c1-14-15(2)25-19(16(3)24(14)32)8-9-27(4,34-25)26(33)28-18-7-5-6-17(10-18)20-11-23(31)30-22-13-35-12-21(22)29-20/h5-7,10,12-13,32H,8-9,11H2,1-4H3,(H,28,33)(H,30,31). The lowest BCUT2D eigenvalue weighted by Crippen LogP contribution is -2.48. The molecule has 1 aromatic heterocycles. The van der Waals surface area contributed by atoms with Crippen molar-refractivity contribution < 1.29 is 19.4 Å². The number of carbonyl (C=O) groups excluding carboxylic acids is 2. The van der Waals surface area contributed by atoms with Gasteiger partial charge in [0.1, 0.15) is 11.5 Å². The van der Waals surface area contributed by atoms with Gasteiger partial charge in [-0.25, -0.2) is 4.99 Å². The van der Waals surface area contributed by atoms with Crippen LogP contribution in [0.15, 0.2) is 40.0 Å². The molecule has 2 aliphatic rings. The molecule has 0 spiro atoms. The van der Waals surface area contributed by atoms with Crippen LogP contribution >= 0.6 is 11.3 Å². The number of aliphatic imine (C=N–C) groups is 1. The first-order valence-corrected chi connectivity index (χ1v) is 12.5. The molecule has 35 heavy (non-hydrogen) atoms. The number of phenolic OH excluding ortho intramolecular Hbond substituents is 1. The topological polar surface area (TPSA) is 100 Å². The number of nitrogens with one attached hydrogen (secondary N) is 2. The minimum atomic E-state index is -1.06. The summed E-state index contributed by atoms with van der Waals surface area (Å²) in [5.41, 5.74) is 5.79. The fourth-order valence-electron chi connectivity index (χ4n) is 4.62. The number of nitrogens with zero attached hydrogens (tertiary/aromatic N) is 1. The Balaban J connectivity index is 1.40. The lowest BCUT2D eigenvalue weighted by molar-refractivity contribution is -0.131. The number of thiophene rings is 1. The summed E-state index contributed by atoms with van der Waals surface area (Å²) < 4.78 is 6.31. The van der Waals surface area contributed by atoms with Crippen LogP contribution in [0.25, 0.3) is 0 Å². The predicted molar refractivity (Wildman–Crippen MR) is 139 cm³/mol. The van der Waals surface area contributed by atoms with Gasteiger partial charge >= 0.3 is 0 Å². The van der Waals surface area contributed by atoms with Crippen LogP contribution in [0, 0.1) is 20.8 Å². The second-order valence-corrected chi connectivity index (χ2v) is 10.1. The molecule has 1 atom stereocenters. The molecule has 0 aliphatic carbocycles. The summed E-state index contributed by atoms with van der Waals surface area (Å²) in [5, 5.41) is 20.1. The zero-order valence-electron chi connectivity index (χ0n) is 20.1. The van der Waals surface area contributed by atoms with E-state index in [1.165, 1.54) is 11.3 Å². The summed E-state index contributed by atoms with van der Waals surface area (Å²) in [7, 11) is 0. The van der Waals surface area contributed by atoms with Gasteiger partial charge in [0.25, 0.3) is 5.91 Å². The van der Waals surface area contributed by atoms with Gasteiger partial charge in [-0.15, -0.1) is 11.3 Å². The number of benzene rings is 2. The van der Waals surface area contributed by atoms with E-state index < -0.39 is 5.60 Å². The van der Waals surface area contributed by atoms with Crippen LogP contribution in [-0.2, 0) is 16.0 Å². The molecule has 2 aromatic carbocycles. The van der Waals surface area contributed by atoms with E-state index in [2.05, 4.69) is 15.6 Å². The highest BCUT2D eigenvalue weighted by atomic mass is 32.1. The summed E-state index contributed by atoms with van der Waals surface area (Å²) in [4.78, 5) is 30.4. The van der Waals surface area contributed by atoms with Gasteiger partial charge in [-0.3, -0.25) is 9.59 Å². The monoisotopic (exact) mass is 489 g/mol. The van der Waals surface area contributed by atoms with Crippen molar-refractivity contribution in [1.29, 1.82) is 0 Å². The highest BCUT2D eigenvalue weighted by Crippen LogP contribution is 2.43. The fraction of sp³-hybridized carbons (Fsp3) is 0.296. The van der Waals surface area contributed by atoms with E-state index in [1.54, 1.807) is 6.92 Å². The van der Waals surface area contributed by atoms with Crippen molar-refractivity contribution in [1.82, 2.24) is 0 Å². The Labute approximate surface area is 207 Å². The summed E-state index contributed by atoms with van der Waals surface area (Å²) in [6.07, 6.45) is 1.27. The van der Waals surface area contributed by atoms with Crippen molar-refractivity contribution >= 4 is 45.9 Å². The molecule has 0 radical (unpaired) electrons. The molecule has 180 valence electrons. The van der Waals surface area contributed by atoms with Crippen molar-refractivity contribution in [3.8, 4) is 11.5 Å². The van der Waals surface area contributed by atoms with E-state index >= 15 is 0 Å². The highest BCUT2D eigenvalue weighted by molar-refractivity contribution is 7.09. The average Bonchev–Trinajstić information content (AvgIpc) is 3.20. The number of aromatic hydroxyl groups is 1. The van der Waals surface area contributed by atoms with E-state index in [-0.39, 0.29) is 18.2 Å². The molecule has 0 saturated carbocycles. The van der Waals surface area contributed by atoms with Crippen molar-refractivity contribution in [3.05, 3.63) is 62.8 Å². The number of rotatable bonds is 3. The van der Waals surface area contributed by atoms with Gasteiger partial charge in [0.15, 0.2) is 5.60 Å². The van der Waals surface area contributed by atoms with Crippen LogP contribution in [0.1, 0.15) is 47.6 Å². The number of amides is 2. The molecule has 0 saturated heterocycles. The second-order valence-electron chi connectivity index (χ2n) is 9.35. The summed E-state index contributed by atoms with van der Waals surface area (Å²) in [6, 6.07) is 7.37. The summed E-state index contributed by atoms with van der Waals surface area (Å²) in [6.45, 7) is 7.44. The fourth-order valence-corrected chi connectivity index (χ4v) is 5.31. The maximum Gasteiger partial charge on any atom is 0.268 e. The molecular formula is C27H27N3O4S. The molecule has 7 nitrogen and oxygen atoms in total. The molecule has 2 amide bonds. The smallest absolute Gasteiger partial charge is 0.268 e. The van der Waals surface area contributed by atoms with Crippen LogP contribution in [-0.4, -0.2) is 28.2 Å². The average molecular weight is 490 g/mol. The Bertz CT molecular complexity index is 1410. The number of hydrogen-bond donors (Lipinski definition) is 3. The number of anilines is 2. The normalized spacial score (nSPS) is 19.0. The number of hydrogen-bond acceptors (Lipinski definition) is 6. The molecule has 3 aromatic rings. The zero-order valence-corrected chi connectivity index (χ0v) is 20.9. The van der Waals surface area contributed by atoms with Crippen molar-refractivity contribution in [2.75, 3.05) is 10.6 Å². The van der Waals surface area contributed by atoms with E-state index in [4.69, 9.17) is 4.74 Å². The first-order chi connectivity index (χ1) is 16.7. The van der Waals surface area contributed by atoms with Crippen LogP contribution in [0.3, 0.4) is 0 Å². The van der Waals surface area contributed by atoms with Crippen LogP contribution < -0.4 is 15.4 Å². The third-order valence-electron chi connectivity index (χ3n) is 6.95. The van der Waals surface area contributed by atoms with E-state index in [0.717, 1.165) is 39.2 Å². The molecule has 3 N–H and O–H groups in total. The highest BCUT2D eigenvalue weighted by Gasteiger charge is 2.41. The minimum absolute atomic E-state index is 0.121. The molecule has 2 aliphatic heterocycles. The van der Waals surface area contributed by atoms with Gasteiger partial charge in [0.2, 0.25) is 5.91 Å². The third-order valence-corrected chi connectivity index (χ3v) is 7.68. The predicted octanol–water partition coefficient (Wildman–Crippen LogP) is 5.56. The van der Waals surface area contributed by atoms with Gasteiger partial charge < -0.3 is 20.5 Å². The summed E-state index contributed by atoms with van der Waals surface area (Å²) in [5.74, 6) is 0.605. The SMILES string of the molecule is Cc1c(C)c2c(c(C)c1O)CCC(C)(C(=O)Nc1cccc(C3=Nc4cscc4NC(=O)C3)c1)O2. The first-order valence-electron chi connectivity index (χ1n) is 11.5. The van der Waals surface area contributed by atoms with Crippen molar-refractivity contribution in [2.45, 2.75) is 52.6 Å². The molecule has 8 heteroatoms. The van der Waals surface area contributed by atoms with Crippen LogP contribution in [0.4, 0.5) is 17.1 Å². The van der Waals surface area contributed by atoms with Gasteiger partial charge in [-0.1, -0.05) is 12.1 Å². The maximum atomic E-state index is 13.4. The first kappa shape index (κ1) is 23.1. The quantitative estimate of drug-likeness (QED) is 0.448. The maximum absolute atomic E-state index is 13.4. The van der Waals surface area contributed by atoms with E-state index in [0.29, 0.717) is 35.7 Å².